The summed E-state index contributed by atoms with van der Waals surface area (Å²) in [6, 6.07) is 14.9. The molecule has 24 heavy (non-hydrogen) atoms. The van der Waals surface area contributed by atoms with Crippen LogP contribution in [0.15, 0.2) is 59.4 Å². The maximum atomic E-state index is 13.7. The molecule has 1 unspecified atom stereocenters. The van der Waals surface area contributed by atoms with E-state index >= 15 is 0 Å². The van der Waals surface area contributed by atoms with Crippen LogP contribution in [0.3, 0.4) is 0 Å². The number of aromatic amines is 2. The van der Waals surface area contributed by atoms with Crippen molar-refractivity contribution in [1.82, 2.24) is 10.2 Å². The van der Waals surface area contributed by atoms with Crippen LogP contribution in [0.2, 0.25) is 0 Å². The zero-order chi connectivity index (χ0) is 17.1. The minimum atomic E-state index is -0.511. The molecule has 0 saturated heterocycles. The Morgan fingerprint density at radius 2 is 1.83 bits per heavy atom. The number of halogens is 1. The van der Waals surface area contributed by atoms with Gasteiger partial charge in [0.25, 0.3) is 5.56 Å². The summed E-state index contributed by atoms with van der Waals surface area (Å²) in [5, 5.41) is 5.30. The first-order valence-electron chi connectivity index (χ1n) is 7.67. The molecule has 0 aliphatic rings. The van der Waals surface area contributed by atoms with Gasteiger partial charge >= 0.3 is 0 Å². The number of rotatable bonds is 5. The number of aryl methyl sites for hydroxylation is 1. The molecule has 122 valence electrons. The van der Waals surface area contributed by atoms with Crippen molar-refractivity contribution in [3.8, 4) is 0 Å². The molecule has 0 aliphatic carbocycles. The molecule has 1 heterocycles. The third-order valence-electron chi connectivity index (χ3n) is 4.10. The van der Waals surface area contributed by atoms with Gasteiger partial charge in [0, 0.05) is 29.2 Å². The summed E-state index contributed by atoms with van der Waals surface area (Å²) in [6.07, 6.45) is 0.0925. The van der Waals surface area contributed by atoms with Gasteiger partial charge in [-0.1, -0.05) is 42.5 Å². The maximum Gasteiger partial charge on any atom is 0.267 e. The van der Waals surface area contributed by atoms with Gasteiger partial charge in [-0.15, -0.1) is 0 Å². The van der Waals surface area contributed by atoms with Crippen LogP contribution in [0.25, 0.3) is 0 Å². The molecule has 4 nitrogen and oxygen atoms in total. The summed E-state index contributed by atoms with van der Waals surface area (Å²) >= 11 is 0. The van der Waals surface area contributed by atoms with E-state index in [2.05, 4.69) is 10.2 Å². The number of ketones is 1. The number of benzene rings is 2. The van der Waals surface area contributed by atoms with E-state index in [1.54, 1.807) is 43.3 Å². The van der Waals surface area contributed by atoms with Crippen molar-refractivity contribution in [3.05, 3.63) is 93.2 Å². The van der Waals surface area contributed by atoms with Crippen molar-refractivity contribution in [2.24, 2.45) is 0 Å². The third-order valence-corrected chi connectivity index (χ3v) is 4.10. The van der Waals surface area contributed by atoms with Gasteiger partial charge in [-0.3, -0.25) is 14.7 Å². The predicted molar refractivity (Wildman–Crippen MR) is 89.8 cm³/mol. The lowest BCUT2D eigenvalue weighted by Gasteiger charge is -2.16. The molecule has 0 amide bonds. The van der Waals surface area contributed by atoms with Crippen molar-refractivity contribution < 1.29 is 9.18 Å². The Balaban J connectivity index is 2.03. The second-order valence-corrected chi connectivity index (χ2v) is 5.72. The fourth-order valence-corrected chi connectivity index (χ4v) is 2.91. The Kier molecular flexibility index (Phi) is 4.42. The second-order valence-electron chi connectivity index (χ2n) is 5.72. The number of carbonyl (C=O) groups is 1. The SMILES string of the molecule is Cc1[nH][nH]c(=O)c1C(CC(=O)c1ccccc1)c1cccc(F)c1. The van der Waals surface area contributed by atoms with Crippen LogP contribution >= 0.6 is 0 Å². The van der Waals surface area contributed by atoms with Crippen LogP contribution < -0.4 is 5.56 Å². The molecule has 1 aromatic heterocycles. The number of hydrogen-bond donors (Lipinski definition) is 2. The molecule has 0 saturated carbocycles. The highest BCUT2D eigenvalue weighted by Crippen LogP contribution is 2.29. The maximum absolute atomic E-state index is 13.7. The molecule has 1 atom stereocenters. The molecule has 0 bridgehead atoms. The highest BCUT2D eigenvalue weighted by atomic mass is 19.1. The molecule has 3 aromatic rings. The van der Waals surface area contributed by atoms with Gasteiger partial charge in [0.15, 0.2) is 5.78 Å². The third kappa shape index (κ3) is 3.20. The van der Waals surface area contributed by atoms with Gasteiger partial charge in [0.2, 0.25) is 0 Å². The molecule has 0 spiro atoms. The van der Waals surface area contributed by atoms with Crippen LogP contribution in [0.1, 0.15) is 39.5 Å². The summed E-state index contributed by atoms with van der Waals surface area (Å²) < 4.78 is 13.7. The molecular formula is C19H17FN2O2. The van der Waals surface area contributed by atoms with Gasteiger partial charge in [0.05, 0.1) is 0 Å². The fourth-order valence-electron chi connectivity index (χ4n) is 2.91. The van der Waals surface area contributed by atoms with Crippen molar-refractivity contribution in [3.63, 3.8) is 0 Å². The van der Waals surface area contributed by atoms with E-state index in [0.717, 1.165) is 0 Å². The number of nitrogens with one attached hydrogen (secondary N) is 2. The number of carbonyl (C=O) groups excluding carboxylic acids is 1. The number of Topliss-reactive ketones (excluding diaryl/α,β-unsaturated/α-hetero) is 1. The zero-order valence-corrected chi connectivity index (χ0v) is 13.2. The average molecular weight is 324 g/mol. The van der Waals surface area contributed by atoms with Gasteiger partial charge in [0.1, 0.15) is 5.82 Å². The van der Waals surface area contributed by atoms with Crippen molar-refractivity contribution in [1.29, 1.82) is 0 Å². The van der Waals surface area contributed by atoms with E-state index in [1.165, 1.54) is 12.1 Å². The quantitative estimate of drug-likeness (QED) is 0.705. The lowest BCUT2D eigenvalue weighted by molar-refractivity contribution is 0.0977. The molecule has 0 aliphatic heterocycles. The summed E-state index contributed by atoms with van der Waals surface area (Å²) in [6.45, 7) is 1.76. The topological polar surface area (TPSA) is 65.7 Å². The van der Waals surface area contributed by atoms with Gasteiger partial charge in [-0.05, 0) is 24.6 Å². The summed E-state index contributed by atoms with van der Waals surface area (Å²) in [4.78, 5) is 24.8. The number of aromatic nitrogens is 2. The minimum absolute atomic E-state index is 0.0925. The van der Waals surface area contributed by atoms with E-state index in [4.69, 9.17) is 0 Å². The summed E-state index contributed by atoms with van der Waals surface area (Å²) in [5.74, 6) is -0.998. The van der Waals surface area contributed by atoms with Crippen LogP contribution in [-0.2, 0) is 0 Å². The molecule has 0 radical (unpaired) electrons. The van der Waals surface area contributed by atoms with Crippen LogP contribution in [0, 0.1) is 12.7 Å². The summed E-state index contributed by atoms with van der Waals surface area (Å²) in [7, 11) is 0. The molecule has 5 heteroatoms. The van der Waals surface area contributed by atoms with Gasteiger partial charge in [-0.2, -0.15) is 0 Å². The monoisotopic (exact) mass is 324 g/mol. The standard InChI is InChI=1S/C19H17FN2O2/c1-12-18(19(24)22-21-12)16(14-8-5-9-15(20)10-14)11-17(23)13-6-3-2-4-7-13/h2-10,16H,11H2,1H3,(H2,21,22,24). The van der Waals surface area contributed by atoms with Gasteiger partial charge < -0.3 is 5.10 Å². The smallest absolute Gasteiger partial charge is 0.267 e. The molecule has 2 N–H and O–H groups in total. The highest BCUT2D eigenvalue weighted by molar-refractivity contribution is 5.96. The Morgan fingerprint density at radius 3 is 2.46 bits per heavy atom. The Bertz CT molecular complexity index is 912. The number of hydrogen-bond acceptors (Lipinski definition) is 2. The Morgan fingerprint density at radius 1 is 1.08 bits per heavy atom. The van der Waals surface area contributed by atoms with Crippen molar-refractivity contribution in [2.45, 2.75) is 19.3 Å². The van der Waals surface area contributed by atoms with Crippen LogP contribution in [-0.4, -0.2) is 16.0 Å². The first-order chi connectivity index (χ1) is 11.6. The van der Waals surface area contributed by atoms with E-state index in [-0.39, 0.29) is 17.8 Å². The van der Waals surface area contributed by atoms with Gasteiger partial charge in [-0.25, -0.2) is 4.39 Å². The van der Waals surface area contributed by atoms with E-state index < -0.39 is 11.7 Å². The lowest BCUT2D eigenvalue weighted by atomic mass is 9.86. The van der Waals surface area contributed by atoms with Crippen LogP contribution in [0.5, 0.6) is 0 Å². The summed E-state index contributed by atoms with van der Waals surface area (Å²) in [5.41, 5.74) is 2.00. The highest BCUT2D eigenvalue weighted by Gasteiger charge is 2.24. The predicted octanol–water partition coefficient (Wildman–Crippen LogP) is 3.56. The molecule has 2 aromatic carbocycles. The lowest BCUT2D eigenvalue weighted by Crippen LogP contribution is -2.17. The Labute approximate surface area is 138 Å². The van der Waals surface area contributed by atoms with E-state index in [9.17, 15) is 14.0 Å². The zero-order valence-electron chi connectivity index (χ0n) is 13.2. The average Bonchev–Trinajstić information content (AvgIpc) is 2.92. The number of H-pyrrole nitrogens is 2. The van der Waals surface area contributed by atoms with E-state index in [1.807, 2.05) is 6.07 Å². The Hall–Kier alpha value is -2.95. The van der Waals surface area contributed by atoms with E-state index in [0.29, 0.717) is 22.4 Å². The minimum Gasteiger partial charge on any atom is -0.302 e. The largest absolute Gasteiger partial charge is 0.302 e. The van der Waals surface area contributed by atoms with Crippen molar-refractivity contribution >= 4 is 5.78 Å². The molecular weight excluding hydrogens is 307 g/mol. The fraction of sp³-hybridized carbons (Fsp3) is 0.158. The second kappa shape index (κ2) is 6.66. The molecule has 0 fully saturated rings. The van der Waals surface area contributed by atoms with Crippen LogP contribution in [0.4, 0.5) is 4.39 Å². The first kappa shape index (κ1) is 15.9. The van der Waals surface area contributed by atoms with Crippen molar-refractivity contribution in [2.75, 3.05) is 0 Å². The first-order valence-corrected chi connectivity index (χ1v) is 7.67. The normalized spacial score (nSPS) is 12.1. The molecule has 3 rings (SSSR count).